The number of hydrogen-bond donors (Lipinski definition) is 0. The Labute approximate surface area is 173 Å². The van der Waals surface area contributed by atoms with Gasteiger partial charge in [0.1, 0.15) is 4.90 Å². The number of aromatic nitrogens is 2. The molecule has 0 spiro atoms. The van der Waals surface area contributed by atoms with Crippen LogP contribution < -0.4 is 14.4 Å². The molecule has 5 rings (SSSR count). The number of nitrogens with zero attached hydrogens (tertiary/aromatic N) is 3. The van der Waals surface area contributed by atoms with E-state index in [1.807, 2.05) is 0 Å². The van der Waals surface area contributed by atoms with Crippen molar-refractivity contribution in [1.82, 2.24) is 9.61 Å². The van der Waals surface area contributed by atoms with Gasteiger partial charge in [0.05, 0.1) is 22.8 Å². The van der Waals surface area contributed by atoms with Crippen LogP contribution in [0, 0.1) is 0 Å². The molecule has 0 radical (unpaired) electrons. The van der Waals surface area contributed by atoms with Crippen molar-refractivity contribution in [2.24, 2.45) is 0 Å². The molecule has 0 saturated heterocycles. The van der Waals surface area contributed by atoms with Crippen molar-refractivity contribution in [2.75, 3.05) is 10.7 Å². The molecule has 12 heteroatoms. The van der Waals surface area contributed by atoms with Crippen molar-refractivity contribution in [3.63, 3.8) is 0 Å². The Bertz CT molecular complexity index is 1360. The van der Waals surface area contributed by atoms with Crippen LogP contribution in [-0.4, -0.2) is 36.0 Å². The Morgan fingerprint density at radius 3 is 2.63 bits per heavy atom. The van der Waals surface area contributed by atoms with Crippen LogP contribution in [0.5, 0.6) is 11.5 Å². The SMILES string of the molecule is CCS(=O)(=O)c1c(N2Cc3cc4c(cc3C2=O)OC(F)(F)O4)nn2cc(Cl)ccc12. The number of ether oxygens (including phenoxy) is 2. The highest BCUT2D eigenvalue weighted by Gasteiger charge is 2.45. The Kier molecular flexibility index (Phi) is 3.84. The first-order valence-electron chi connectivity index (χ1n) is 8.75. The van der Waals surface area contributed by atoms with Crippen molar-refractivity contribution >= 4 is 38.7 Å². The van der Waals surface area contributed by atoms with Crippen LogP contribution >= 0.6 is 11.6 Å². The number of halogens is 3. The van der Waals surface area contributed by atoms with Crippen LogP contribution in [0.15, 0.2) is 35.4 Å². The maximum atomic E-state index is 13.3. The molecule has 156 valence electrons. The molecule has 0 unspecified atom stereocenters. The summed E-state index contributed by atoms with van der Waals surface area (Å²) in [7, 11) is -3.77. The van der Waals surface area contributed by atoms with E-state index in [9.17, 15) is 22.0 Å². The van der Waals surface area contributed by atoms with E-state index in [4.69, 9.17) is 11.6 Å². The zero-order chi connectivity index (χ0) is 21.4. The first-order valence-corrected chi connectivity index (χ1v) is 10.8. The number of carbonyl (C=O) groups excluding carboxylic acids is 1. The summed E-state index contributed by atoms with van der Waals surface area (Å²) in [6, 6.07) is 5.48. The number of pyridine rings is 1. The molecule has 2 aliphatic heterocycles. The minimum atomic E-state index is -3.80. The first-order chi connectivity index (χ1) is 14.1. The number of benzene rings is 1. The summed E-state index contributed by atoms with van der Waals surface area (Å²) in [5, 5.41) is 4.61. The number of alkyl halides is 2. The molecule has 3 aromatic rings. The maximum Gasteiger partial charge on any atom is 0.586 e. The topological polar surface area (TPSA) is 90.2 Å². The van der Waals surface area contributed by atoms with E-state index in [-0.39, 0.29) is 45.6 Å². The number of rotatable bonds is 3. The monoisotopic (exact) mass is 455 g/mol. The summed E-state index contributed by atoms with van der Waals surface area (Å²) in [6.45, 7) is 1.42. The highest BCUT2D eigenvalue weighted by atomic mass is 35.5. The molecule has 8 nitrogen and oxygen atoms in total. The lowest BCUT2D eigenvalue weighted by atomic mass is 10.1. The fourth-order valence-electron chi connectivity index (χ4n) is 3.54. The highest BCUT2D eigenvalue weighted by molar-refractivity contribution is 7.91. The Hall–Kier alpha value is -2.92. The Morgan fingerprint density at radius 2 is 1.93 bits per heavy atom. The van der Waals surface area contributed by atoms with E-state index < -0.39 is 22.0 Å². The number of fused-ring (bicyclic) bond motifs is 3. The van der Waals surface area contributed by atoms with Crippen molar-refractivity contribution in [3.05, 3.63) is 46.6 Å². The summed E-state index contributed by atoms with van der Waals surface area (Å²) in [6.07, 6.45) is -2.37. The lowest BCUT2D eigenvalue weighted by molar-refractivity contribution is -0.286. The van der Waals surface area contributed by atoms with Gasteiger partial charge in [-0.05, 0) is 29.8 Å². The van der Waals surface area contributed by atoms with Gasteiger partial charge in [0.25, 0.3) is 5.91 Å². The quantitative estimate of drug-likeness (QED) is 0.602. The molecule has 0 atom stereocenters. The van der Waals surface area contributed by atoms with E-state index in [1.165, 1.54) is 40.7 Å². The summed E-state index contributed by atoms with van der Waals surface area (Å²) < 4.78 is 62.4. The van der Waals surface area contributed by atoms with Gasteiger partial charge in [-0.25, -0.2) is 12.9 Å². The van der Waals surface area contributed by atoms with Gasteiger partial charge in [-0.3, -0.25) is 9.69 Å². The van der Waals surface area contributed by atoms with Crippen LogP contribution in [0.2, 0.25) is 5.02 Å². The van der Waals surface area contributed by atoms with Gasteiger partial charge in [-0.1, -0.05) is 18.5 Å². The first kappa shape index (κ1) is 19.1. The molecule has 2 aliphatic rings. The summed E-state index contributed by atoms with van der Waals surface area (Å²) in [5.41, 5.74) is 0.758. The van der Waals surface area contributed by atoms with Crippen LogP contribution in [0.1, 0.15) is 22.8 Å². The van der Waals surface area contributed by atoms with Crippen molar-refractivity contribution in [3.8, 4) is 11.5 Å². The van der Waals surface area contributed by atoms with Gasteiger partial charge < -0.3 is 9.47 Å². The Balaban J connectivity index is 1.65. The van der Waals surface area contributed by atoms with Crippen LogP contribution in [0.3, 0.4) is 0 Å². The normalized spacial score (nSPS) is 17.1. The van der Waals surface area contributed by atoms with Crippen molar-refractivity contribution in [1.29, 1.82) is 0 Å². The van der Waals surface area contributed by atoms with Gasteiger partial charge in [0.15, 0.2) is 27.2 Å². The van der Waals surface area contributed by atoms with Gasteiger partial charge in [0, 0.05) is 11.8 Å². The molecule has 30 heavy (non-hydrogen) atoms. The molecular formula is C18H12ClF2N3O5S. The van der Waals surface area contributed by atoms with E-state index >= 15 is 0 Å². The zero-order valence-corrected chi connectivity index (χ0v) is 16.8. The lowest BCUT2D eigenvalue weighted by Gasteiger charge is -2.14. The third kappa shape index (κ3) is 2.72. The standard InChI is InChI=1S/C18H12ClF2N3O5S/c1-2-30(26,27)15-12-4-3-10(19)8-24(12)22-16(15)23-7-9-5-13-14(6-11(9)17(23)25)29-18(20,21)28-13/h3-6,8H,2,7H2,1H3. The minimum Gasteiger partial charge on any atom is -0.395 e. The smallest absolute Gasteiger partial charge is 0.395 e. The van der Waals surface area contributed by atoms with Crippen LogP contribution in [0.4, 0.5) is 14.6 Å². The number of hydrogen-bond acceptors (Lipinski definition) is 6. The number of carbonyl (C=O) groups is 1. The highest BCUT2D eigenvalue weighted by Crippen LogP contribution is 2.45. The zero-order valence-electron chi connectivity index (χ0n) is 15.2. The van der Waals surface area contributed by atoms with Gasteiger partial charge in [-0.2, -0.15) is 0 Å². The second-order valence-corrected chi connectivity index (χ2v) is 9.40. The molecular weight excluding hydrogens is 444 g/mol. The number of anilines is 1. The van der Waals surface area contributed by atoms with Gasteiger partial charge in [0.2, 0.25) is 0 Å². The van der Waals surface area contributed by atoms with Gasteiger partial charge in [-0.15, -0.1) is 13.9 Å². The second kappa shape index (κ2) is 6.05. The second-order valence-electron chi connectivity index (χ2n) is 6.75. The molecule has 1 amide bonds. The van der Waals surface area contributed by atoms with E-state index in [0.29, 0.717) is 10.6 Å². The molecule has 0 saturated carbocycles. The Morgan fingerprint density at radius 1 is 1.23 bits per heavy atom. The number of amides is 1. The molecule has 2 aromatic heterocycles. The fourth-order valence-corrected chi connectivity index (χ4v) is 4.89. The van der Waals surface area contributed by atoms with Crippen molar-refractivity contribution in [2.45, 2.75) is 24.7 Å². The fraction of sp³-hybridized carbons (Fsp3) is 0.222. The molecule has 0 aliphatic carbocycles. The summed E-state index contributed by atoms with van der Waals surface area (Å²) in [4.78, 5) is 14.1. The average molecular weight is 456 g/mol. The van der Waals surface area contributed by atoms with E-state index in [1.54, 1.807) is 0 Å². The predicted octanol–water partition coefficient (Wildman–Crippen LogP) is 3.26. The van der Waals surface area contributed by atoms with E-state index in [2.05, 4.69) is 14.6 Å². The molecule has 0 N–H and O–H groups in total. The lowest BCUT2D eigenvalue weighted by Crippen LogP contribution is -2.26. The maximum absolute atomic E-state index is 13.3. The summed E-state index contributed by atoms with van der Waals surface area (Å²) >= 11 is 5.99. The van der Waals surface area contributed by atoms with Gasteiger partial charge >= 0.3 is 6.29 Å². The van der Waals surface area contributed by atoms with Crippen molar-refractivity contribution < 1.29 is 31.5 Å². The third-order valence-corrected chi connectivity index (χ3v) is 6.91. The van der Waals surface area contributed by atoms with Crippen LogP contribution in [-0.2, 0) is 16.4 Å². The summed E-state index contributed by atoms with van der Waals surface area (Å²) in [5.74, 6) is -1.32. The molecule has 0 fully saturated rings. The van der Waals surface area contributed by atoms with E-state index in [0.717, 1.165) is 6.07 Å². The molecule has 0 bridgehead atoms. The molecule has 1 aromatic carbocycles. The minimum absolute atomic E-state index is 0.0624. The molecule has 4 heterocycles. The number of sulfone groups is 1. The third-order valence-electron chi connectivity index (χ3n) is 4.91. The average Bonchev–Trinajstić information content (AvgIpc) is 3.29. The van der Waals surface area contributed by atoms with Crippen LogP contribution in [0.25, 0.3) is 5.52 Å². The predicted molar refractivity (Wildman–Crippen MR) is 101 cm³/mol. The largest absolute Gasteiger partial charge is 0.586 e.